The van der Waals surface area contributed by atoms with Crippen molar-refractivity contribution in [3.05, 3.63) is 28.0 Å². The van der Waals surface area contributed by atoms with Crippen molar-refractivity contribution >= 4 is 34.9 Å². The molecule has 0 aromatic carbocycles. The maximum Gasteiger partial charge on any atom is 0.312 e. The van der Waals surface area contributed by atoms with Crippen molar-refractivity contribution in [2.24, 2.45) is 4.99 Å². The number of alkyl halides is 1. The summed E-state index contributed by atoms with van der Waals surface area (Å²) in [5.74, 6) is -0.326. The standard InChI is InChI=1S/C12H11Cl2FN2O2/c13-10-2-7(5-16-12(10)14)1-8(4-15)17-9-3-11(18)19-6-9/h2,5,8H,1,3-4,6H2. The highest BCUT2D eigenvalue weighted by molar-refractivity contribution is 6.41. The van der Waals surface area contributed by atoms with Crippen LogP contribution in [0.15, 0.2) is 17.3 Å². The summed E-state index contributed by atoms with van der Waals surface area (Å²) in [6, 6.07) is 1.07. The lowest BCUT2D eigenvalue weighted by Gasteiger charge is -2.09. The Balaban J connectivity index is 2.06. The lowest BCUT2D eigenvalue weighted by molar-refractivity contribution is -0.137. The Morgan fingerprint density at radius 3 is 2.89 bits per heavy atom. The van der Waals surface area contributed by atoms with Crippen molar-refractivity contribution in [2.75, 3.05) is 13.3 Å². The Morgan fingerprint density at radius 2 is 2.32 bits per heavy atom. The molecule has 1 aromatic heterocycles. The highest BCUT2D eigenvalue weighted by Crippen LogP contribution is 2.21. The number of carbonyl (C=O) groups excluding carboxylic acids is 1. The predicted molar refractivity (Wildman–Crippen MR) is 70.7 cm³/mol. The van der Waals surface area contributed by atoms with Crippen molar-refractivity contribution in [3.63, 3.8) is 0 Å². The number of aromatic nitrogens is 1. The van der Waals surface area contributed by atoms with Gasteiger partial charge in [-0.2, -0.15) is 0 Å². The van der Waals surface area contributed by atoms with E-state index in [0.29, 0.717) is 17.2 Å². The highest BCUT2D eigenvalue weighted by Gasteiger charge is 2.20. The molecule has 19 heavy (non-hydrogen) atoms. The first-order valence-corrected chi connectivity index (χ1v) is 6.41. The Kier molecular flexibility index (Phi) is 4.71. The van der Waals surface area contributed by atoms with Gasteiger partial charge in [0.2, 0.25) is 0 Å². The van der Waals surface area contributed by atoms with Gasteiger partial charge < -0.3 is 4.74 Å². The molecule has 1 aliphatic rings. The summed E-state index contributed by atoms with van der Waals surface area (Å²) in [4.78, 5) is 19.0. The third-order valence-corrected chi connectivity index (χ3v) is 3.30. The molecule has 1 fully saturated rings. The molecule has 0 spiro atoms. The Bertz CT molecular complexity index is 522. The number of hydrogen-bond donors (Lipinski definition) is 0. The molecule has 1 aliphatic heterocycles. The summed E-state index contributed by atoms with van der Waals surface area (Å²) in [5, 5.41) is 0.534. The molecule has 1 unspecified atom stereocenters. The molecule has 0 radical (unpaired) electrons. The van der Waals surface area contributed by atoms with Crippen molar-refractivity contribution in [1.29, 1.82) is 0 Å². The molecule has 1 aromatic rings. The van der Waals surface area contributed by atoms with E-state index in [1.165, 1.54) is 6.20 Å². The van der Waals surface area contributed by atoms with E-state index in [4.69, 9.17) is 27.9 Å². The van der Waals surface area contributed by atoms with Crippen LogP contribution in [0.25, 0.3) is 0 Å². The van der Waals surface area contributed by atoms with Gasteiger partial charge in [0.1, 0.15) is 18.4 Å². The zero-order valence-corrected chi connectivity index (χ0v) is 11.4. The van der Waals surface area contributed by atoms with E-state index in [1.807, 2.05) is 0 Å². The molecule has 2 heterocycles. The lowest BCUT2D eigenvalue weighted by Crippen LogP contribution is -2.15. The molecule has 2 rings (SSSR count). The van der Waals surface area contributed by atoms with Crippen LogP contribution in [-0.2, 0) is 16.0 Å². The number of hydrogen-bond acceptors (Lipinski definition) is 4. The van der Waals surface area contributed by atoms with Crippen molar-refractivity contribution < 1.29 is 13.9 Å². The Hall–Kier alpha value is -1.20. The predicted octanol–water partition coefficient (Wildman–Crippen LogP) is 2.66. The van der Waals surface area contributed by atoms with Crippen molar-refractivity contribution in [3.8, 4) is 0 Å². The van der Waals surface area contributed by atoms with Crippen LogP contribution in [0.4, 0.5) is 4.39 Å². The average molecular weight is 305 g/mol. The van der Waals surface area contributed by atoms with Crippen molar-refractivity contribution in [1.82, 2.24) is 4.98 Å². The van der Waals surface area contributed by atoms with E-state index in [2.05, 4.69) is 9.98 Å². The monoisotopic (exact) mass is 304 g/mol. The average Bonchev–Trinajstić information content (AvgIpc) is 2.78. The minimum atomic E-state index is -0.627. The van der Waals surface area contributed by atoms with Gasteiger partial charge >= 0.3 is 5.97 Å². The smallest absolute Gasteiger partial charge is 0.312 e. The minimum Gasteiger partial charge on any atom is -0.459 e. The third kappa shape index (κ3) is 3.88. The van der Waals surface area contributed by atoms with Gasteiger partial charge in [0.05, 0.1) is 23.2 Å². The molecule has 4 nitrogen and oxygen atoms in total. The maximum atomic E-state index is 13.0. The molecule has 0 amide bonds. The fraction of sp³-hybridized carbons (Fsp3) is 0.417. The lowest BCUT2D eigenvalue weighted by atomic mass is 10.1. The third-order valence-electron chi connectivity index (χ3n) is 2.62. The number of pyridine rings is 1. The van der Waals surface area contributed by atoms with Crippen LogP contribution in [0.3, 0.4) is 0 Å². The fourth-order valence-electron chi connectivity index (χ4n) is 1.75. The van der Waals surface area contributed by atoms with Crippen LogP contribution in [0, 0.1) is 0 Å². The van der Waals surface area contributed by atoms with Gasteiger partial charge in [-0.3, -0.25) is 9.79 Å². The summed E-state index contributed by atoms with van der Waals surface area (Å²) in [6.45, 7) is -0.479. The van der Waals surface area contributed by atoms with Crippen LogP contribution in [-0.4, -0.2) is 36.0 Å². The molecule has 7 heteroatoms. The molecule has 0 bridgehead atoms. The van der Waals surface area contributed by atoms with Crippen LogP contribution in [0.1, 0.15) is 12.0 Å². The van der Waals surface area contributed by atoms with E-state index in [0.717, 1.165) is 5.56 Å². The van der Waals surface area contributed by atoms with E-state index in [1.54, 1.807) is 6.07 Å². The number of esters is 1. The van der Waals surface area contributed by atoms with E-state index in [9.17, 15) is 9.18 Å². The second-order valence-corrected chi connectivity index (χ2v) is 4.93. The Labute approximate surface area is 119 Å². The number of halogens is 3. The van der Waals surface area contributed by atoms with Gasteiger partial charge in [0.15, 0.2) is 0 Å². The first-order chi connectivity index (χ1) is 9.08. The normalized spacial score (nSPS) is 18.7. The van der Waals surface area contributed by atoms with E-state index >= 15 is 0 Å². The van der Waals surface area contributed by atoms with Gasteiger partial charge in [-0.15, -0.1) is 0 Å². The van der Waals surface area contributed by atoms with Gasteiger partial charge in [-0.05, 0) is 18.1 Å². The molecule has 0 saturated carbocycles. The van der Waals surface area contributed by atoms with Crippen LogP contribution >= 0.6 is 23.2 Å². The van der Waals surface area contributed by atoms with Gasteiger partial charge in [-0.25, -0.2) is 9.37 Å². The van der Waals surface area contributed by atoms with E-state index in [-0.39, 0.29) is 24.2 Å². The van der Waals surface area contributed by atoms with Gasteiger partial charge in [-0.1, -0.05) is 23.2 Å². The fourth-order valence-corrected chi connectivity index (χ4v) is 2.05. The molecular formula is C12H11Cl2FN2O2. The zero-order valence-electron chi connectivity index (χ0n) is 9.91. The molecule has 0 aliphatic carbocycles. The minimum absolute atomic E-state index is 0.135. The number of cyclic esters (lactones) is 1. The molecule has 0 N–H and O–H groups in total. The summed E-state index contributed by atoms with van der Waals surface area (Å²) < 4.78 is 17.7. The largest absolute Gasteiger partial charge is 0.459 e. The quantitative estimate of drug-likeness (QED) is 0.635. The number of ether oxygens (including phenoxy) is 1. The first kappa shape index (κ1) is 14.2. The number of rotatable bonds is 4. The van der Waals surface area contributed by atoms with Crippen molar-refractivity contribution in [2.45, 2.75) is 18.9 Å². The topological polar surface area (TPSA) is 51.5 Å². The number of nitrogens with zero attached hydrogens (tertiary/aromatic N) is 2. The summed E-state index contributed by atoms with van der Waals surface area (Å²) in [5.41, 5.74) is 1.31. The van der Waals surface area contributed by atoms with Gasteiger partial charge in [0, 0.05) is 6.20 Å². The number of carbonyl (C=O) groups is 1. The second-order valence-electron chi connectivity index (χ2n) is 4.16. The van der Waals surface area contributed by atoms with Crippen LogP contribution < -0.4 is 0 Å². The zero-order chi connectivity index (χ0) is 13.8. The van der Waals surface area contributed by atoms with Crippen LogP contribution in [0.2, 0.25) is 10.2 Å². The second kappa shape index (κ2) is 6.30. The SMILES string of the molecule is O=C1CC(=NC(CF)Cc2cnc(Cl)c(Cl)c2)CO1. The molecule has 102 valence electrons. The van der Waals surface area contributed by atoms with Crippen LogP contribution in [0.5, 0.6) is 0 Å². The van der Waals surface area contributed by atoms with E-state index < -0.39 is 12.7 Å². The summed E-state index contributed by atoms with van der Waals surface area (Å²) >= 11 is 11.5. The number of aliphatic imine (C=N–C) groups is 1. The summed E-state index contributed by atoms with van der Waals surface area (Å²) in [6.07, 6.45) is 2.02. The van der Waals surface area contributed by atoms with Gasteiger partial charge in [0.25, 0.3) is 0 Å². The molecular weight excluding hydrogens is 294 g/mol. The summed E-state index contributed by atoms with van der Waals surface area (Å²) in [7, 11) is 0. The first-order valence-electron chi connectivity index (χ1n) is 5.65. The molecule has 1 atom stereocenters. The molecule has 1 saturated heterocycles. The maximum absolute atomic E-state index is 13.0. The highest BCUT2D eigenvalue weighted by atomic mass is 35.5. The Morgan fingerprint density at radius 1 is 1.53 bits per heavy atom.